The molecule has 0 bridgehead atoms. The SMILES string of the molecule is CC(C)(C)OC(=O)N[C@H]1C[C@H](C(=O)N2CCc3ccccc3[C@@H]2c2ccc(F)cc2)OC[C@@H]1O[C@H](COS(C)(=O)=O)C(F)(F)F. The van der Waals surface area contributed by atoms with Crippen LogP contribution in [-0.4, -0.2) is 87.5 Å². The Hall–Kier alpha value is -3.27. The van der Waals surface area contributed by atoms with Crippen LogP contribution in [0.25, 0.3) is 0 Å². The van der Waals surface area contributed by atoms with Gasteiger partial charge in [0.15, 0.2) is 6.10 Å². The fourth-order valence-electron chi connectivity index (χ4n) is 5.30. The lowest BCUT2D eigenvalue weighted by Crippen LogP contribution is -2.58. The van der Waals surface area contributed by atoms with Crippen molar-refractivity contribution in [2.45, 2.75) is 75.8 Å². The number of hydrogen-bond donors (Lipinski definition) is 1. The molecule has 2 aliphatic rings. The number of carbonyl (C=O) groups is 2. The van der Waals surface area contributed by atoms with E-state index in [-0.39, 0.29) is 13.0 Å². The molecule has 0 aliphatic carbocycles. The number of carbonyl (C=O) groups excluding carboxylic acids is 2. The van der Waals surface area contributed by atoms with Crippen molar-refractivity contribution >= 4 is 22.1 Å². The average molecular weight is 661 g/mol. The van der Waals surface area contributed by atoms with E-state index >= 15 is 0 Å². The number of ether oxygens (including phenoxy) is 3. The van der Waals surface area contributed by atoms with Gasteiger partial charge in [0.25, 0.3) is 16.0 Å². The van der Waals surface area contributed by atoms with E-state index in [0.29, 0.717) is 18.2 Å². The molecule has 10 nitrogen and oxygen atoms in total. The van der Waals surface area contributed by atoms with Crippen LogP contribution in [0.5, 0.6) is 0 Å². The maximum absolute atomic E-state index is 14.1. The number of alkyl carbamates (subject to hydrolysis) is 1. The summed E-state index contributed by atoms with van der Waals surface area (Å²) >= 11 is 0. The highest BCUT2D eigenvalue weighted by Crippen LogP contribution is 2.37. The van der Waals surface area contributed by atoms with Crippen molar-refractivity contribution < 1.29 is 54.0 Å². The highest BCUT2D eigenvalue weighted by molar-refractivity contribution is 7.85. The molecule has 1 fully saturated rings. The highest BCUT2D eigenvalue weighted by Gasteiger charge is 2.47. The van der Waals surface area contributed by atoms with Gasteiger partial charge in [0.1, 0.15) is 30.2 Å². The highest BCUT2D eigenvalue weighted by atomic mass is 32.2. The molecule has 2 aromatic rings. The molecule has 0 aromatic heterocycles. The molecule has 0 unspecified atom stereocenters. The standard InChI is InChI=1S/C30H36F4N2O8S/c1-29(2,3)44-28(38)35-22-15-23(41-16-24(22)43-25(30(32,33)34)17-42-45(4,39)40)27(37)36-14-13-18-7-5-6-8-21(18)26(36)19-9-11-20(31)12-10-19/h5-12,22-26H,13-17H2,1-4H3,(H,35,38)/t22-,23+,24-,25+,26-/m0/s1. The number of benzene rings is 2. The van der Waals surface area contributed by atoms with Gasteiger partial charge >= 0.3 is 12.3 Å². The van der Waals surface area contributed by atoms with Crippen LogP contribution in [0.1, 0.15) is 49.9 Å². The van der Waals surface area contributed by atoms with Gasteiger partial charge in [-0.3, -0.25) is 8.98 Å². The minimum atomic E-state index is -5.03. The Morgan fingerprint density at radius 3 is 2.38 bits per heavy atom. The molecule has 4 rings (SSSR count). The van der Waals surface area contributed by atoms with Crippen molar-refractivity contribution in [3.05, 3.63) is 71.0 Å². The number of alkyl halides is 3. The normalized spacial score (nSPS) is 23.2. The number of hydrogen-bond acceptors (Lipinski definition) is 8. The largest absolute Gasteiger partial charge is 0.444 e. The smallest absolute Gasteiger partial charge is 0.416 e. The molecule has 45 heavy (non-hydrogen) atoms. The van der Waals surface area contributed by atoms with Crippen molar-refractivity contribution in [1.82, 2.24) is 10.2 Å². The lowest BCUT2D eigenvalue weighted by molar-refractivity contribution is -0.253. The van der Waals surface area contributed by atoms with Crippen molar-refractivity contribution in [2.75, 3.05) is 26.0 Å². The van der Waals surface area contributed by atoms with Gasteiger partial charge in [-0.05, 0) is 56.0 Å². The Kier molecular flexibility index (Phi) is 10.5. The van der Waals surface area contributed by atoms with Gasteiger partial charge in [-0.2, -0.15) is 21.6 Å². The Bertz CT molecular complexity index is 1460. The summed E-state index contributed by atoms with van der Waals surface area (Å²) in [7, 11) is -4.23. The first-order chi connectivity index (χ1) is 20.9. The van der Waals surface area contributed by atoms with Crippen molar-refractivity contribution in [3.63, 3.8) is 0 Å². The van der Waals surface area contributed by atoms with Crippen LogP contribution < -0.4 is 5.32 Å². The molecule has 1 N–H and O–H groups in total. The van der Waals surface area contributed by atoms with E-state index in [1.165, 1.54) is 12.1 Å². The molecule has 1 saturated heterocycles. The first-order valence-electron chi connectivity index (χ1n) is 14.2. The Morgan fingerprint density at radius 1 is 1.09 bits per heavy atom. The van der Waals surface area contributed by atoms with Crippen LogP contribution in [0.3, 0.4) is 0 Å². The molecule has 0 radical (unpaired) electrons. The summed E-state index contributed by atoms with van der Waals surface area (Å²) in [5.41, 5.74) is 1.55. The van der Waals surface area contributed by atoms with Gasteiger partial charge in [-0.25, -0.2) is 9.18 Å². The van der Waals surface area contributed by atoms with E-state index in [1.54, 1.807) is 37.8 Å². The molecule has 2 amide bonds. The molecule has 2 aliphatic heterocycles. The second-order valence-electron chi connectivity index (χ2n) is 11.9. The molecular formula is C30H36F4N2O8S. The quantitative estimate of drug-likeness (QED) is 0.329. The maximum atomic E-state index is 14.1. The van der Waals surface area contributed by atoms with Gasteiger partial charge in [-0.15, -0.1) is 0 Å². The third-order valence-electron chi connectivity index (χ3n) is 7.25. The van der Waals surface area contributed by atoms with E-state index in [2.05, 4.69) is 9.50 Å². The summed E-state index contributed by atoms with van der Waals surface area (Å²) in [5.74, 6) is -0.932. The zero-order chi connectivity index (χ0) is 33.2. The third kappa shape index (κ3) is 9.37. The predicted molar refractivity (Wildman–Crippen MR) is 153 cm³/mol. The van der Waals surface area contributed by atoms with E-state index < -0.39 is 83.3 Å². The van der Waals surface area contributed by atoms with E-state index in [9.17, 15) is 35.6 Å². The minimum absolute atomic E-state index is 0.279. The molecule has 0 spiro atoms. The fourth-order valence-corrected chi connectivity index (χ4v) is 5.67. The molecular weight excluding hydrogens is 624 g/mol. The van der Waals surface area contributed by atoms with Gasteiger partial charge < -0.3 is 24.4 Å². The van der Waals surface area contributed by atoms with E-state index in [1.807, 2.05) is 24.3 Å². The average Bonchev–Trinajstić information content (AvgIpc) is 2.93. The second-order valence-corrected chi connectivity index (χ2v) is 13.6. The lowest BCUT2D eigenvalue weighted by Gasteiger charge is -2.42. The molecule has 2 aromatic carbocycles. The zero-order valence-electron chi connectivity index (χ0n) is 25.2. The second kappa shape index (κ2) is 13.6. The summed E-state index contributed by atoms with van der Waals surface area (Å²) in [4.78, 5) is 28.3. The number of rotatable bonds is 8. The minimum Gasteiger partial charge on any atom is -0.444 e. The number of nitrogens with one attached hydrogen (secondary N) is 1. The molecule has 248 valence electrons. The number of nitrogens with zero attached hydrogens (tertiary/aromatic N) is 1. The van der Waals surface area contributed by atoms with E-state index in [0.717, 1.165) is 11.1 Å². The van der Waals surface area contributed by atoms with Gasteiger partial charge in [0.2, 0.25) is 0 Å². The Morgan fingerprint density at radius 2 is 1.76 bits per heavy atom. The topological polar surface area (TPSA) is 120 Å². The van der Waals surface area contributed by atoms with Crippen LogP contribution >= 0.6 is 0 Å². The summed E-state index contributed by atoms with van der Waals surface area (Å²) in [6, 6.07) is 11.5. The summed E-state index contributed by atoms with van der Waals surface area (Å²) in [6.07, 6.45) is -10.5. The number of halogens is 4. The van der Waals surface area contributed by atoms with Gasteiger partial charge in [0, 0.05) is 13.0 Å². The zero-order valence-corrected chi connectivity index (χ0v) is 26.0. The van der Waals surface area contributed by atoms with E-state index in [4.69, 9.17) is 14.2 Å². The lowest BCUT2D eigenvalue weighted by atomic mass is 9.87. The number of fused-ring (bicyclic) bond motifs is 1. The first-order valence-corrected chi connectivity index (χ1v) is 16.0. The summed E-state index contributed by atoms with van der Waals surface area (Å²) < 4.78 is 98.7. The maximum Gasteiger partial charge on any atom is 0.416 e. The fraction of sp³-hybridized carbons (Fsp3) is 0.533. The van der Waals surface area contributed by atoms with Crippen LogP contribution in [0, 0.1) is 5.82 Å². The first kappa shape index (κ1) is 34.6. The van der Waals surface area contributed by atoms with Gasteiger partial charge in [0.05, 0.1) is 24.9 Å². The molecule has 5 atom stereocenters. The molecule has 2 heterocycles. The van der Waals surface area contributed by atoms with Crippen molar-refractivity contribution in [1.29, 1.82) is 0 Å². The summed E-state index contributed by atoms with van der Waals surface area (Å²) in [5, 5.41) is 2.50. The Labute approximate surface area is 259 Å². The van der Waals surface area contributed by atoms with Gasteiger partial charge in [-0.1, -0.05) is 36.4 Å². The van der Waals surface area contributed by atoms with Crippen LogP contribution in [0.15, 0.2) is 48.5 Å². The summed E-state index contributed by atoms with van der Waals surface area (Å²) in [6.45, 7) is 3.18. The van der Waals surface area contributed by atoms with Crippen LogP contribution in [0.4, 0.5) is 22.4 Å². The van der Waals surface area contributed by atoms with Crippen molar-refractivity contribution in [2.24, 2.45) is 0 Å². The predicted octanol–water partition coefficient (Wildman–Crippen LogP) is 4.27. The Balaban J connectivity index is 1.60. The third-order valence-corrected chi connectivity index (χ3v) is 7.81. The van der Waals surface area contributed by atoms with Crippen LogP contribution in [-0.2, 0) is 39.7 Å². The van der Waals surface area contributed by atoms with Crippen LogP contribution in [0.2, 0.25) is 0 Å². The monoisotopic (exact) mass is 660 g/mol. The molecule has 15 heteroatoms. The number of amides is 2. The van der Waals surface area contributed by atoms with Crippen molar-refractivity contribution in [3.8, 4) is 0 Å². The molecule has 0 saturated carbocycles.